The van der Waals surface area contributed by atoms with Crippen LogP contribution in [0.1, 0.15) is 25.0 Å². The Morgan fingerprint density at radius 1 is 1.53 bits per heavy atom. The summed E-state index contributed by atoms with van der Waals surface area (Å²) in [6.45, 7) is 4.57. The van der Waals surface area contributed by atoms with Crippen molar-refractivity contribution in [2.75, 3.05) is 20.3 Å². The second kappa shape index (κ2) is 5.09. The van der Waals surface area contributed by atoms with E-state index in [4.69, 9.17) is 9.47 Å². The van der Waals surface area contributed by atoms with Crippen molar-refractivity contribution >= 4 is 5.97 Å². The third-order valence-corrected chi connectivity index (χ3v) is 3.50. The molecular weight excluding hydrogens is 246 g/mol. The minimum Gasteiger partial charge on any atom is -0.504 e. The molecule has 1 heterocycles. The van der Waals surface area contributed by atoms with Crippen molar-refractivity contribution in [3.8, 4) is 11.5 Å². The van der Waals surface area contributed by atoms with Crippen molar-refractivity contribution in [1.29, 1.82) is 0 Å². The van der Waals surface area contributed by atoms with Crippen LogP contribution in [0, 0.1) is 0 Å². The highest BCUT2D eigenvalue weighted by Crippen LogP contribution is 2.37. The zero-order valence-electron chi connectivity index (χ0n) is 11.4. The fourth-order valence-corrected chi connectivity index (χ4v) is 2.45. The van der Waals surface area contributed by atoms with Gasteiger partial charge < -0.3 is 14.6 Å². The molecule has 0 bridgehead atoms. The Kier molecular flexibility index (Phi) is 3.66. The molecule has 0 fully saturated rings. The summed E-state index contributed by atoms with van der Waals surface area (Å²) in [6, 6.07) is 3.36. The van der Waals surface area contributed by atoms with Crippen LogP contribution in [0.3, 0.4) is 0 Å². The van der Waals surface area contributed by atoms with Crippen LogP contribution in [-0.2, 0) is 21.5 Å². The molecule has 0 aromatic heterocycles. The van der Waals surface area contributed by atoms with Gasteiger partial charge in [0.1, 0.15) is 5.54 Å². The van der Waals surface area contributed by atoms with E-state index in [1.54, 1.807) is 26.0 Å². The minimum absolute atomic E-state index is 0.0920. The van der Waals surface area contributed by atoms with Crippen molar-refractivity contribution in [3.05, 3.63) is 23.3 Å². The third-order valence-electron chi connectivity index (χ3n) is 3.50. The molecule has 1 atom stereocenters. The average molecular weight is 265 g/mol. The number of hydrogen-bond donors (Lipinski definition) is 2. The van der Waals surface area contributed by atoms with E-state index >= 15 is 0 Å². The number of carbonyl (C=O) groups excluding carboxylic acids is 1. The van der Waals surface area contributed by atoms with Gasteiger partial charge in [-0.25, -0.2) is 4.79 Å². The van der Waals surface area contributed by atoms with Gasteiger partial charge in [0.2, 0.25) is 0 Å². The largest absolute Gasteiger partial charge is 0.504 e. The number of ether oxygens (including phenoxy) is 2. The molecule has 19 heavy (non-hydrogen) atoms. The Balaban J connectivity index is 2.51. The van der Waals surface area contributed by atoms with Gasteiger partial charge >= 0.3 is 5.97 Å². The molecule has 0 spiro atoms. The van der Waals surface area contributed by atoms with E-state index < -0.39 is 5.54 Å². The first-order valence-electron chi connectivity index (χ1n) is 6.35. The lowest BCUT2D eigenvalue weighted by Gasteiger charge is -2.35. The first-order valence-corrected chi connectivity index (χ1v) is 6.35. The van der Waals surface area contributed by atoms with Crippen LogP contribution in [0.5, 0.6) is 11.5 Å². The van der Waals surface area contributed by atoms with Gasteiger partial charge in [0.05, 0.1) is 13.7 Å². The normalized spacial score (nSPS) is 21.6. The van der Waals surface area contributed by atoms with Crippen LogP contribution in [0.4, 0.5) is 0 Å². The van der Waals surface area contributed by atoms with E-state index in [0.29, 0.717) is 18.9 Å². The number of methoxy groups -OCH3 is 1. The number of phenolic OH excluding ortho intramolecular Hbond substituents is 1. The van der Waals surface area contributed by atoms with E-state index in [1.807, 2.05) is 0 Å². The van der Waals surface area contributed by atoms with Crippen LogP contribution >= 0.6 is 0 Å². The van der Waals surface area contributed by atoms with Crippen LogP contribution in [-0.4, -0.2) is 31.3 Å². The molecule has 0 saturated carbocycles. The predicted octanol–water partition coefficient (Wildman–Crippen LogP) is 1.32. The van der Waals surface area contributed by atoms with Gasteiger partial charge in [-0.05, 0) is 43.5 Å². The second-order valence-electron chi connectivity index (χ2n) is 4.70. The Hall–Kier alpha value is -1.75. The van der Waals surface area contributed by atoms with Crippen molar-refractivity contribution in [3.63, 3.8) is 0 Å². The maximum atomic E-state index is 12.2. The van der Waals surface area contributed by atoms with Gasteiger partial charge in [-0.15, -0.1) is 0 Å². The van der Waals surface area contributed by atoms with Crippen molar-refractivity contribution < 1.29 is 19.4 Å². The zero-order chi connectivity index (χ0) is 14.0. The van der Waals surface area contributed by atoms with Gasteiger partial charge in [0.25, 0.3) is 0 Å². The number of hydrogen-bond acceptors (Lipinski definition) is 5. The molecule has 104 valence electrons. The fraction of sp³-hybridized carbons (Fsp3) is 0.500. The average Bonchev–Trinajstić information content (AvgIpc) is 2.38. The summed E-state index contributed by atoms with van der Waals surface area (Å²) in [5.41, 5.74) is 0.837. The highest BCUT2D eigenvalue weighted by molar-refractivity contribution is 5.83. The molecular formula is C14H19NO4. The molecule has 1 aliphatic rings. The lowest BCUT2D eigenvalue weighted by atomic mass is 9.83. The number of rotatable bonds is 3. The van der Waals surface area contributed by atoms with Gasteiger partial charge in [0.15, 0.2) is 11.5 Å². The number of nitrogens with one attached hydrogen (secondary N) is 1. The highest BCUT2D eigenvalue weighted by Gasteiger charge is 2.40. The van der Waals surface area contributed by atoms with Gasteiger partial charge in [-0.1, -0.05) is 0 Å². The number of carbonyl (C=O) groups is 1. The Morgan fingerprint density at radius 2 is 2.26 bits per heavy atom. The molecule has 0 aliphatic carbocycles. The van der Waals surface area contributed by atoms with Crippen LogP contribution in [0.15, 0.2) is 12.1 Å². The Labute approximate surface area is 112 Å². The zero-order valence-corrected chi connectivity index (χ0v) is 11.4. The summed E-state index contributed by atoms with van der Waals surface area (Å²) < 4.78 is 10.3. The third kappa shape index (κ3) is 2.26. The molecule has 5 nitrogen and oxygen atoms in total. The molecule has 2 N–H and O–H groups in total. The topological polar surface area (TPSA) is 67.8 Å². The number of fused-ring (bicyclic) bond motifs is 1. The van der Waals surface area contributed by atoms with Gasteiger partial charge in [-0.3, -0.25) is 5.32 Å². The van der Waals surface area contributed by atoms with Crippen LogP contribution in [0.2, 0.25) is 0 Å². The molecule has 0 radical (unpaired) electrons. The fourth-order valence-electron chi connectivity index (χ4n) is 2.45. The summed E-state index contributed by atoms with van der Waals surface area (Å²) in [5, 5.41) is 13.0. The first-order chi connectivity index (χ1) is 9.02. The smallest absolute Gasteiger partial charge is 0.330 e. The minimum atomic E-state index is -0.898. The maximum Gasteiger partial charge on any atom is 0.330 e. The number of phenols is 1. The van der Waals surface area contributed by atoms with Crippen molar-refractivity contribution in [1.82, 2.24) is 5.32 Å². The second-order valence-corrected chi connectivity index (χ2v) is 4.70. The van der Waals surface area contributed by atoms with Crippen LogP contribution in [0.25, 0.3) is 0 Å². The van der Waals surface area contributed by atoms with E-state index in [9.17, 15) is 9.90 Å². The lowest BCUT2D eigenvalue weighted by molar-refractivity contribution is -0.151. The van der Waals surface area contributed by atoms with E-state index in [1.165, 1.54) is 7.11 Å². The Morgan fingerprint density at radius 3 is 2.89 bits per heavy atom. The van der Waals surface area contributed by atoms with E-state index in [2.05, 4.69) is 5.32 Å². The molecule has 0 unspecified atom stereocenters. The van der Waals surface area contributed by atoms with Gasteiger partial charge in [0, 0.05) is 6.54 Å². The molecule has 5 heteroatoms. The van der Waals surface area contributed by atoms with E-state index in [0.717, 1.165) is 17.5 Å². The standard InChI is InChI=1S/C14H19NO4/c1-4-19-13(17)14(2)10-8-12(18-3)11(16)7-9(10)5-6-15-14/h7-8,15-16H,4-6H2,1-3H3/t14-/m0/s1. The van der Waals surface area contributed by atoms with Crippen LogP contribution < -0.4 is 10.1 Å². The van der Waals surface area contributed by atoms with E-state index in [-0.39, 0.29) is 11.7 Å². The molecule has 1 aromatic rings. The number of esters is 1. The Bertz CT molecular complexity index is 500. The van der Waals surface area contributed by atoms with Gasteiger partial charge in [-0.2, -0.15) is 0 Å². The monoisotopic (exact) mass is 265 g/mol. The molecule has 0 amide bonds. The summed E-state index contributed by atoms with van der Waals surface area (Å²) in [4.78, 5) is 12.2. The molecule has 1 aliphatic heterocycles. The van der Waals surface area contributed by atoms with Crippen molar-refractivity contribution in [2.24, 2.45) is 0 Å². The first kappa shape index (κ1) is 13.7. The highest BCUT2D eigenvalue weighted by atomic mass is 16.5. The molecule has 0 saturated heterocycles. The SMILES string of the molecule is CCOC(=O)[C@@]1(C)NCCc2cc(O)c(OC)cc21. The summed E-state index contributed by atoms with van der Waals surface area (Å²) >= 11 is 0. The summed E-state index contributed by atoms with van der Waals surface area (Å²) in [7, 11) is 1.49. The van der Waals surface area contributed by atoms with Crippen molar-refractivity contribution in [2.45, 2.75) is 25.8 Å². The number of aromatic hydroxyl groups is 1. The molecule has 1 aromatic carbocycles. The lowest BCUT2D eigenvalue weighted by Crippen LogP contribution is -2.51. The summed E-state index contributed by atoms with van der Waals surface area (Å²) in [6.07, 6.45) is 0.752. The quantitative estimate of drug-likeness (QED) is 0.807. The maximum absolute atomic E-state index is 12.2. The predicted molar refractivity (Wildman–Crippen MR) is 70.4 cm³/mol. The number of benzene rings is 1. The molecule has 2 rings (SSSR count). The summed E-state index contributed by atoms with van der Waals surface area (Å²) in [5.74, 6) is 0.135.